The average molecular weight is 229 g/mol. The summed E-state index contributed by atoms with van der Waals surface area (Å²) in [5.41, 5.74) is 1.38. The van der Waals surface area contributed by atoms with Gasteiger partial charge in [-0.15, -0.1) is 0 Å². The maximum absolute atomic E-state index is 11.6. The first-order valence-electron chi connectivity index (χ1n) is 5.06. The zero-order chi connectivity index (χ0) is 10.8. The zero-order valence-electron chi connectivity index (χ0n) is 8.28. The predicted molar refractivity (Wildman–Crippen MR) is 56.2 cm³/mol. The maximum atomic E-state index is 11.6. The summed E-state index contributed by atoms with van der Waals surface area (Å²) >= 11 is 5.43. The van der Waals surface area contributed by atoms with Crippen molar-refractivity contribution >= 4 is 23.4 Å². The number of hydrogen-bond acceptors (Lipinski definition) is 2. The molecule has 5 heteroatoms. The van der Waals surface area contributed by atoms with Crippen LogP contribution in [0.25, 0.3) is 0 Å². The fourth-order valence-electron chi connectivity index (χ4n) is 1.91. The Hall–Kier alpha value is -1.03. The third-order valence-corrected chi connectivity index (χ3v) is 2.98. The molecule has 2 amide bonds. The topological polar surface area (TPSA) is 49.4 Å². The van der Waals surface area contributed by atoms with Crippen LogP contribution in [-0.4, -0.2) is 35.8 Å². The molecule has 0 bridgehead atoms. The summed E-state index contributed by atoms with van der Waals surface area (Å²) in [7, 11) is 0. The zero-order valence-corrected chi connectivity index (χ0v) is 9.04. The molecule has 15 heavy (non-hydrogen) atoms. The van der Waals surface area contributed by atoms with E-state index < -0.39 is 0 Å². The van der Waals surface area contributed by atoms with E-state index in [9.17, 15) is 9.59 Å². The van der Waals surface area contributed by atoms with Gasteiger partial charge in [0.1, 0.15) is 6.04 Å². The molecule has 2 rings (SSSR count). The highest BCUT2D eigenvalue weighted by atomic mass is 35.5. The number of nitrogens with one attached hydrogen (secondary N) is 1. The monoisotopic (exact) mass is 228 g/mol. The number of amides is 2. The summed E-state index contributed by atoms with van der Waals surface area (Å²) < 4.78 is 0. The first-order valence-corrected chi connectivity index (χ1v) is 5.50. The fourth-order valence-corrected chi connectivity index (χ4v) is 1.99. The number of rotatable bonds is 3. The first-order chi connectivity index (χ1) is 7.24. The summed E-state index contributed by atoms with van der Waals surface area (Å²) in [6, 6.07) is -0.279. The lowest BCUT2D eigenvalue weighted by atomic mass is 10.1. The van der Waals surface area contributed by atoms with E-state index in [2.05, 4.69) is 5.32 Å². The van der Waals surface area contributed by atoms with E-state index in [0.717, 1.165) is 12.8 Å². The fraction of sp³-hybridized carbons (Fsp3) is 0.600. The molecule has 1 saturated heterocycles. The Balaban J connectivity index is 2.11. The standard InChI is InChI=1S/C10H13ClN2O2/c11-4-1-5-13-8(14)6-12-10(15)9(13)7-2-3-7/h1,4,7,9H,2-3,5-6H2,(H,12,15)/b4-1+. The third kappa shape index (κ3) is 2.15. The van der Waals surface area contributed by atoms with Crippen molar-refractivity contribution in [3.8, 4) is 0 Å². The summed E-state index contributed by atoms with van der Waals surface area (Å²) in [4.78, 5) is 24.9. The smallest absolute Gasteiger partial charge is 0.243 e. The largest absolute Gasteiger partial charge is 0.345 e. The van der Waals surface area contributed by atoms with Crippen LogP contribution in [0.4, 0.5) is 0 Å². The van der Waals surface area contributed by atoms with Crippen LogP contribution < -0.4 is 5.32 Å². The molecule has 1 N–H and O–H groups in total. The van der Waals surface area contributed by atoms with Gasteiger partial charge in [-0.05, 0) is 18.8 Å². The Labute approximate surface area is 93.3 Å². The molecule has 2 fully saturated rings. The molecule has 82 valence electrons. The van der Waals surface area contributed by atoms with Gasteiger partial charge in [0.2, 0.25) is 11.8 Å². The number of nitrogens with zero attached hydrogens (tertiary/aromatic N) is 1. The predicted octanol–water partition coefficient (Wildman–Crippen LogP) is 0.476. The summed E-state index contributed by atoms with van der Waals surface area (Å²) in [6.07, 6.45) is 3.76. The minimum absolute atomic E-state index is 0.0266. The van der Waals surface area contributed by atoms with E-state index in [1.165, 1.54) is 5.54 Å². The number of piperazine rings is 1. The molecule has 1 saturated carbocycles. The van der Waals surface area contributed by atoms with Gasteiger partial charge in [0.15, 0.2) is 0 Å². The molecule has 0 aromatic heterocycles. The Morgan fingerprint density at radius 1 is 1.47 bits per heavy atom. The van der Waals surface area contributed by atoms with E-state index >= 15 is 0 Å². The van der Waals surface area contributed by atoms with E-state index in [1.54, 1.807) is 11.0 Å². The molecule has 1 aliphatic heterocycles. The number of hydrogen-bond donors (Lipinski definition) is 1. The molecule has 1 heterocycles. The second-order valence-corrected chi connectivity index (χ2v) is 4.16. The normalized spacial score (nSPS) is 27.3. The van der Waals surface area contributed by atoms with Crippen LogP contribution in [0.1, 0.15) is 12.8 Å². The molecule has 1 aliphatic carbocycles. The van der Waals surface area contributed by atoms with Crippen molar-refractivity contribution in [2.75, 3.05) is 13.1 Å². The molecule has 2 aliphatic rings. The highest BCUT2D eigenvalue weighted by Crippen LogP contribution is 2.36. The number of carbonyl (C=O) groups excluding carboxylic acids is 2. The quantitative estimate of drug-likeness (QED) is 0.764. The highest BCUT2D eigenvalue weighted by Gasteiger charge is 2.44. The Bertz CT molecular complexity index is 313. The maximum Gasteiger partial charge on any atom is 0.243 e. The van der Waals surface area contributed by atoms with Gasteiger partial charge >= 0.3 is 0 Å². The number of carbonyl (C=O) groups is 2. The molecule has 1 atom stereocenters. The van der Waals surface area contributed by atoms with Gasteiger partial charge in [-0.2, -0.15) is 0 Å². The Morgan fingerprint density at radius 3 is 2.80 bits per heavy atom. The van der Waals surface area contributed by atoms with Crippen molar-refractivity contribution in [2.45, 2.75) is 18.9 Å². The molecular weight excluding hydrogens is 216 g/mol. The molecule has 0 aromatic carbocycles. The van der Waals surface area contributed by atoms with Gasteiger partial charge in [0, 0.05) is 12.1 Å². The number of halogens is 1. The van der Waals surface area contributed by atoms with Crippen LogP contribution in [0.2, 0.25) is 0 Å². The third-order valence-electron chi connectivity index (χ3n) is 2.80. The minimum atomic E-state index is -0.279. The second-order valence-electron chi connectivity index (χ2n) is 3.91. The van der Waals surface area contributed by atoms with E-state index in [-0.39, 0.29) is 24.4 Å². The molecule has 0 aromatic rings. The molecule has 1 unspecified atom stereocenters. The van der Waals surface area contributed by atoms with Crippen LogP contribution >= 0.6 is 11.6 Å². The van der Waals surface area contributed by atoms with Crippen molar-refractivity contribution in [3.63, 3.8) is 0 Å². The lowest BCUT2D eigenvalue weighted by Crippen LogP contribution is -2.59. The van der Waals surface area contributed by atoms with E-state index in [1.807, 2.05) is 0 Å². The van der Waals surface area contributed by atoms with Crippen molar-refractivity contribution in [1.29, 1.82) is 0 Å². The van der Waals surface area contributed by atoms with Crippen LogP contribution in [0.3, 0.4) is 0 Å². The van der Waals surface area contributed by atoms with Crippen molar-refractivity contribution in [1.82, 2.24) is 10.2 Å². The molecule has 0 spiro atoms. The van der Waals surface area contributed by atoms with Gasteiger partial charge in [-0.1, -0.05) is 17.7 Å². The lowest BCUT2D eigenvalue weighted by molar-refractivity contribution is -0.145. The van der Waals surface area contributed by atoms with Gasteiger partial charge < -0.3 is 10.2 Å². The van der Waals surface area contributed by atoms with Crippen LogP contribution in [0.5, 0.6) is 0 Å². The van der Waals surface area contributed by atoms with E-state index in [4.69, 9.17) is 11.6 Å². The summed E-state index contributed by atoms with van der Waals surface area (Å²) in [5, 5.41) is 2.62. The second kappa shape index (κ2) is 4.23. The van der Waals surface area contributed by atoms with Crippen molar-refractivity contribution in [2.24, 2.45) is 5.92 Å². The summed E-state index contributed by atoms with van der Waals surface area (Å²) in [6.45, 7) is 0.537. The SMILES string of the molecule is O=C1NCC(=O)N(C/C=C/Cl)C1C1CC1. The van der Waals surface area contributed by atoms with Gasteiger partial charge in [0.25, 0.3) is 0 Å². The Kier molecular flexibility index (Phi) is 2.95. The molecule has 0 radical (unpaired) electrons. The van der Waals surface area contributed by atoms with Crippen molar-refractivity contribution < 1.29 is 9.59 Å². The van der Waals surface area contributed by atoms with E-state index in [0.29, 0.717) is 12.5 Å². The van der Waals surface area contributed by atoms with Gasteiger partial charge in [0.05, 0.1) is 6.54 Å². The lowest BCUT2D eigenvalue weighted by Gasteiger charge is -2.34. The Morgan fingerprint density at radius 2 is 2.20 bits per heavy atom. The van der Waals surface area contributed by atoms with Gasteiger partial charge in [-0.25, -0.2) is 0 Å². The minimum Gasteiger partial charge on any atom is -0.345 e. The molecular formula is C10H13ClN2O2. The highest BCUT2D eigenvalue weighted by molar-refractivity contribution is 6.25. The van der Waals surface area contributed by atoms with Crippen LogP contribution in [-0.2, 0) is 9.59 Å². The average Bonchev–Trinajstić information content (AvgIpc) is 3.03. The van der Waals surface area contributed by atoms with Crippen LogP contribution in [0, 0.1) is 5.92 Å². The first kappa shape index (κ1) is 10.5. The van der Waals surface area contributed by atoms with Crippen molar-refractivity contribution in [3.05, 3.63) is 11.6 Å². The molecule has 4 nitrogen and oxygen atoms in total. The van der Waals surface area contributed by atoms with Crippen LogP contribution in [0.15, 0.2) is 11.6 Å². The summed E-state index contributed by atoms with van der Waals surface area (Å²) in [5.74, 6) is 0.291. The van der Waals surface area contributed by atoms with Gasteiger partial charge in [-0.3, -0.25) is 9.59 Å².